The largest absolute Gasteiger partial charge is 0.308 e. The first kappa shape index (κ1) is 13.2. The van der Waals surface area contributed by atoms with E-state index in [0.29, 0.717) is 5.56 Å². The highest BCUT2D eigenvalue weighted by Crippen LogP contribution is 2.28. The number of thiophene rings is 1. The zero-order valence-corrected chi connectivity index (χ0v) is 11.8. The van der Waals surface area contributed by atoms with E-state index in [-0.39, 0.29) is 11.4 Å². The van der Waals surface area contributed by atoms with Gasteiger partial charge in [0.1, 0.15) is 5.82 Å². The third-order valence-electron chi connectivity index (χ3n) is 2.64. The molecule has 0 atom stereocenters. The Hall–Kier alpha value is -1.19. The summed E-state index contributed by atoms with van der Waals surface area (Å²) in [5.74, 6) is -0.156. The van der Waals surface area contributed by atoms with Crippen molar-refractivity contribution in [3.63, 3.8) is 0 Å². The molecule has 1 aromatic heterocycles. The van der Waals surface area contributed by atoms with Gasteiger partial charge in [-0.1, -0.05) is 12.1 Å². The van der Waals surface area contributed by atoms with Gasteiger partial charge in [-0.05, 0) is 49.9 Å². The molecular weight excluding hydrogens is 245 g/mol. The molecule has 96 valence electrons. The van der Waals surface area contributed by atoms with Crippen LogP contribution in [0.2, 0.25) is 0 Å². The minimum absolute atomic E-state index is 0.0669. The first-order chi connectivity index (χ1) is 8.46. The quantitative estimate of drug-likeness (QED) is 0.863. The van der Waals surface area contributed by atoms with Crippen LogP contribution in [0.5, 0.6) is 0 Å². The first-order valence-corrected chi connectivity index (χ1v) is 6.91. The van der Waals surface area contributed by atoms with Crippen molar-refractivity contribution in [1.82, 2.24) is 5.32 Å². The smallest absolute Gasteiger partial charge is 0.131 e. The third kappa shape index (κ3) is 3.40. The minimum atomic E-state index is -0.156. The Morgan fingerprint density at radius 1 is 1.22 bits per heavy atom. The predicted octanol–water partition coefficient (Wildman–Crippen LogP) is 4.44. The Morgan fingerprint density at radius 2 is 2.00 bits per heavy atom. The summed E-state index contributed by atoms with van der Waals surface area (Å²) in [6.45, 7) is 7.12. The predicted molar refractivity (Wildman–Crippen MR) is 76.3 cm³/mol. The van der Waals surface area contributed by atoms with Gasteiger partial charge >= 0.3 is 0 Å². The Bertz CT molecular complexity index is 512. The molecule has 0 aliphatic carbocycles. The molecule has 0 amide bonds. The van der Waals surface area contributed by atoms with Gasteiger partial charge in [-0.2, -0.15) is 0 Å². The molecule has 0 unspecified atom stereocenters. The van der Waals surface area contributed by atoms with Gasteiger partial charge < -0.3 is 5.32 Å². The molecule has 18 heavy (non-hydrogen) atoms. The molecule has 3 heteroatoms. The van der Waals surface area contributed by atoms with Gasteiger partial charge in [0.15, 0.2) is 0 Å². The summed E-state index contributed by atoms with van der Waals surface area (Å²) in [6.07, 6.45) is 0. The molecule has 0 fully saturated rings. The van der Waals surface area contributed by atoms with E-state index in [1.165, 1.54) is 0 Å². The van der Waals surface area contributed by atoms with Crippen molar-refractivity contribution in [3.05, 3.63) is 47.1 Å². The number of halogens is 1. The maximum absolute atomic E-state index is 13.8. The van der Waals surface area contributed by atoms with Crippen LogP contribution in [0.3, 0.4) is 0 Å². The van der Waals surface area contributed by atoms with E-state index >= 15 is 0 Å². The van der Waals surface area contributed by atoms with Gasteiger partial charge in [0, 0.05) is 22.5 Å². The molecule has 1 heterocycles. The van der Waals surface area contributed by atoms with Crippen molar-refractivity contribution in [2.45, 2.75) is 32.9 Å². The van der Waals surface area contributed by atoms with Crippen LogP contribution in [0.15, 0.2) is 35.7 Å². The summed E-state index contributed by atoms with van der Waals surface area (Å²) in [4.78, 5) is 0.977. The van der Waals surface area contributed by atoms with Gasteiger partial charge in [0.25, 0.3) is 0 Å². The fraction of sp³-hybridized carbons (Fsp3) is 0.333. The van der Waals surface area contributed by atoms with Crippen LogP contribution in [0.1, 0.15) is 26.3 Å². The number of hydrogen-bond acceptors (Lipinski definition) is 2. The van der Waals surface area contributed by atoms with Crippen molar-refractivity contribution in [2.75, 3.05) is 0 Å². The molecule has 0 radical (unpaired) electrons. The van der Waals surface area contributed by atoms with Crippen LogP contribution < -0.4 is 5.32 Å². The monoisotopic (exact) mass is 263 g/mol. The second-order valence-electron chi connectivity index (χ2n) is 5.40. The lowest BCUT2D eigenvalue weighted by Gasteiger charge is -2.20. The highest BCUT2D eigenvalue weighted by Gasteiger charge is 2.11. The van der Waals surface area contributed by atoms with Gasteiger partial charge in [0.05, 0.1) is 0 Å². The summed E-state index contributed by atoms with van der Waals surface area (Å²) in [5, 5.41) is 5.38. The van der Waals surface area contributed by atoms with E-state index < -0.39 is 0 Å². The van der Waals surface area contributed by atoms with Gasteiger partial charge in [-0.15, -0.1) is 11.3 Å². The molecular formula is C15H18FNS. The highest BCUT2D eigenvalue weighted by molar-refractivity contribution is 7.13. The first-order valence-electron chi connectivity index (χ1n) is 6.03. The van der Waals surface area contributed by atoms with Gasteiger partial charge in [-0.3, -0.25) is 0 Å². The zero-order chi connectivity index (χ0) is 13.2. The summed E-state index contributed by atoms with van der Waals surface area (Å²) in [5.41, 5.74) is 1.87. The van der Waals surface area contributed by atoms with Gasteiger partial charge in [-0.25, -0.2) is 4.39 Å². The zero-order valence-electron chi connectivity index (χ0n) is 11.0. The van der Waals surface area contributed by atoms with Crippen molar-refractivity contribution in [3.8, 4) is 10.4 Å². The molecule has 2 aromatic rings. The molecule has 0 saturated carbocycles. The molecule has 1 nitrogen and oxygen atoms in total. The SMILES string of the molecule is CC(C)(C)NCc1ccc(F)c(-c2cccs2)c1. The molecule has 0 aliphatic rings. The third-order valence-corrected chi connectivity index (χ3v) is 3.54. The normalized spacial score (nSPS) is 11.8. The fourth-order valence-corrected chi connectivity index (χ4v) is 2.41. The van der Waals surface area contributed by atoms with Crippen molar-refractivity contribution in [1.29, 1.82) is 0 Å². The van der Waals surface area contributed by atoms with Crippen LogP contribution >= 0.6 is 11.3 Å². The van der Waals surface area contributed by atoms with E-state index in [2.05, 4.69) is 26.1 Å². The second kappa shape index (κ2) is 5.21. The van der Waals surface area contributed by atoms with E-state index in [1.807, 2.05) is 29.6 Å². The molecule has 1 aromatic carbocycles. The van der Waals surface area contributed by atoms with E-state index in [0.717, 1.165) is 17.0 Å². The average Bonchev–Trinajstić information content (AvgIpc) is 2.80. The lowest BCUT2D eigenvalue weighted by molar-refractivity contribution is 0.424. The lowest BCUT2D eigenvalue weighted by Crippen LogP contribution is -2.35. The Balaban J connectivity index is 2.22. The highest BCUT2D eigenvalue weighted by atomic mass is 32.1. The molecule has 0 aliphatic heterocycles. The Morgan fingerprint density at radius 3 is 2.61 bits per heavy atom. The molecule has 0 saturated heterocycles. The van der Waals surface area contributed by atoms with Crippen LogP contribution in [0.25, 0.3) is 10.4 Å². The lowest BCUT2D eigenvalue weighted by atomic mass is 10.1. The number of hydrogen-bond donors (Lipinski definition) is 1. The molecule has 2 rings (SSSR count). The molecule has 0 bridgehead atoms. The maximum atomic E-state index is 13.8. The number of benzene rings is 1. The van der Waals surface area contributed by atoms with Crippen molar-refractivity contribution in [2.24, 2.45) is 0 Å². The van der Waals surface area contributed by atoms with Crippen LogP contribution in [-0.4, -0.2) is 5.54 Å². The molecule has 1 N–H and O–H groups in total. The van der Waals surface area contributed by atoms with Crippen molar-refractivity contribution >= 4 is 11.3 Å². The van der Waals surface area contributed by atoms with E-state index in [9.17, 15) is 4.39 Å². The second-order valence-corrected chi connectivity index (χ2v) is 6.34. The summed E-state index contributed by atoms with van der Waals surface area (Å²) in [6, 6.07) is 9.21. The van der Waals surface area contributed by atoms with E-state index in [1.54, 1.807) is 17.4 Å². The topological polar surface area (TPSA) is 12.0 Å². The number of nitrogens with one attached hydrogen (secondary N) is 1. The Labute approximate surface area is 112 Å². The average molecular weight is 263 g/mol. The Kier molecular flexibility index (Phi) is 3.83. The molecule has 0 spiro atoms. The van der Waals surface area contributed by atoms with Crippen LogP contribution in [0, 0.1) is 5.82 Å². The number of rotatable bonds is 3. The standard InChI is InChI=1S/C15H18FNS/c1-15(2,3)17-10-11-6-7-13(16)12(9-11)14-5-4-8-18-14/h4-9,17H,10H2,1-3H3. The fourth-order valence-electron chi connectivity index (χ4n) is 1.67. The van der Waals surface area contributed by atoms with Crippen molar-refractivity contribution < 1.29 is 4.39 Å². The maximum Gasteiger partial charge on any atom is 0.131 e. The van der Waals surface area contributed by atoms with Crippen LogP contribution in [0.4, 0.5) is 4.39 Å². The summed E-state index contributed by atoms with van der Waals surface area (Å²) >= 11 is 1.56. The summed E-state index contributed by atoms with van der Waals surface area (Å²) < 4.78 is 13.8. The summed E-state index contributed by atoms with van der Waals surface area (Å²) in [7, 11) is 0. The van der Waals surface area contributed by atoms with Crippen LogP contribution in [-0.2, 0) is 6.54 Å². The minimum Gasteiger partial charge on any atom is -0.308 e. The van der Waals surface area contributed by atoms with E-state index in [4.69, 9.17) is 0 Å². The van der Waals surface area contributed by atoms with Gasteiger partial charge in [0.2, 0.25) is 0 Å².